The van der Waals surface area contributed by atoms with Crippen molar-refractivity contribution in [2.24, 2.45) is 0 Å². The van der Waals surface area contributed by atoms with E-state index in [9.17, 15) is 35.9 Å². The van der Waals surface area contributed by atoms with Gasteiger partial charge in [-0.2, -0.15) is 26.3 Å². The molecule has 2 N–H and O–H groups in total. The van der Waals surface area contributed by atoms with Gasteiger partial charge in [0.2, 0.25) is 0 Å². The lowest BCUT2D eigenvalue weighted by Gasteiger charge is -2.14. The van der Waals surface area contributed by atoms with E-state index >= 15 is 0 Å². The average Bonchev–Trinajstić information content (AvgIpc) is 3.47. The third-order valence-corrected chi connectivity index (χ3v) is 12.2. The van der Waals surface area contributed by atoms with Crippen molar-refractivity contribution in [3.05, 3.63) is 216 Å². The number of carbonyl (C=O) groups is 2. The fourth-order valence-electron chi connectivity index (χ4n) is 8.31. The van der Waals surface area contributed by atoms with Crippen LogP contribution in [0.15, 0.2) is 182 Å². The Labute approximate surface area is 444 Å². The Morgan fingerprint density at radius 1 is 0.449 bits per heavy atom. The molecule has 0 atom stereocenters. The molecule has 1 aromatic heterocycles. The number of ether oxygens (including phenoxy) is 5. The second kappa shape index (κ2) is 24.1. The highest BCUT2D eigenvalue weighted by Gasteiger charge is 2.31. The molecule has 398 valence electrons. The van der Waals surface area contributed by atoms with Gasteiger partial charge >= 0.3 is 24.3 Å². The van der Waals surface area contributed by atoms with Gasteiger partial charge in [0.05, 0.1) is 23.8 Å². The normalized spacial score (nSPS) is 11.3. The molecule has 0 aliphatic carbocycles. The van der Waals surface area contributed by atoms with Gasteiger partial charge in [0, 0.05) is 17.1 Å². The second-order valence-electron chi connectivity index (χ2n) is 17.9. The van der Waals surface area contributed by atoms with Crippen LogP contribution in [-0.2, 0) is 35.2 Å². The molecule has 8 aromatic carbocycles. The van der Waals surface area contributed by atoms with Gasteiger partial charge in [-0.25, -0.2) is 9.59 Å². The Kier molecular flexibility index (Phi) is 17.0. The highest BCUT2D eigenvalue weighted by Crippen LogP contribution is 2.37. The van der Waals surface area contributed by atoms with E-state index in [4.69, 9.17) is 33.9 Å². The zero-order chi connectivity index (χ0) is 55.6. The number of pyridine rings is 1. The number of para-hydroxylation sites is 1. The van der Waals surface area contributed by atoms with E-state index in [2.05, 4.69) is 4.98 Å². The molecule has 10 nitrogen and oxygen atoms in total. The number of halogens is 6. The number of aromatic nitrogens is 1. The van der Waals surface area contributed by atoms with Crippen LogP contribution in [0.3, 0.4) is 0 Å². The number of rotatable bonds is 17. The topological polar surface area (TPSA) is 134 Å². The Bertz CT molecular complexity index is 3580. The molecule has 0 aliphatic heterocycles. The van der Waals surface area contributed by atoms with Crippen molar-refractivity contribution < 1.29 is 69.8 Å². The van der Waals surface area contributed by atoms with Crippen LogP contribution in [0.4, 0.5) is 26.3 Å². The molecule has 0 radical (unpaired) electrons. The van der Waals surface area contributed by atoms with Gasteiger partial charge in [0.15, 0.2) is 13.2 Å². The van der Waals surface area contributed by atoms with Crippen molar-refractivity contribution in [3.63, 3.8) is 0 Å². The lowest BCUT2D eigenvalue weighted by atomic mass is 9.95. The molecule has 1 heterocycles. The highest BCUT2D eigenvalue weighted by molar-refractivity contribution is 5.85. The summed E-state index contributed by atoms with van der Waals surface area (Å²) in [6.07, 6.45) is -7.05. The van der Waals surface area contributed by atoms with Crippen molar-refractivity contribution in [2.45, 2.75) is 39.4 Å². The number of hydrogen-bond donors (Lipinski definition) is 2. The van der Waals surface area contributed by atoms with E-state index in [-0.39, 0.29) is 13.2 Å². The molecule has 16 heteroatoms. The summed E-state index contributed by atoms with van der Waals surface area (Å²) in [5, 5.41) is 18.6. The van der Waals surface area contributed by atoms with E-state index in [0.29, 0.717) is 39.9 Å². The van der Waals surface area contributed by atoms with Crippen molar-refractivity contribution >= 4 is 22.8 Å². The van der Waals surface area contributed by atoms with E-state index in [1.165, 1.54) is 24.3 Å². The third-order valence-electron chi connectivity index (χ3n) is 12.2. The van der Waals surface area contributed by atoms with Crippen molar-refractivity contribution in [1.29, 1.82) is 0 Å². The average molecular weight is 1070 g/mol. The lowest BCUT2D eigenvalue weighted by molar-refractivity contribution is -0.140. The van der Waals surface area contributed by atoms with Gasteiger partial charge in [-0.1, -0.05) is 54.6 Å². The number of benzene rings is 8. The Hall–Kier alpha value is -9.31. The molecular formula is C62H49F6NO9. The standard InChI is InChI=1S/C32H24F3NO4.C30H25F3O5/c1-20-12-28(10-11-30(20)40-19-31(37)38)39-18-21-13-24(22-6-8-27(9-7-22)32(33,34)35)16-25(14-21)26-15-23-4-2-3-5-29(23)36-17-26;1-19-12-27(10-11-28(19)38-18-29(34)35)37-17-20-13-23(21-6-8-25(9-7-21)30(31,32)33)15-24(14-20)22-4-3-5-26(16-22)36-2/h2-17H,18-19H2,1H3,(H,37,38);3-16H,17-18H2,1-2H3,(H,34,35). The Balaban J connectivity index is 0.000000206. The predicted molar refractivity (Wildman–Crippen MR) is 284 cm³/mol. The molecule has 0 saturated carbocycles. The van der Waals surface area contributed by atoms with Gasteiger partial charge in [-0.05, 0) is 196 Å². The number of carboxylic acid groups (broad SMARTS) is 2. The first-order chi connectivity index (χ1) is 37.3. The molecular weight excluding hydrogens is 1020 g/mol. The summed E-state index contributed by atoms with van der Waals surface area (Å²) in [5.74, 6) is 0.576. The Morgan fingerprint density at radius 3 is 1.36 bits per heavy atom. The minimum atomic E-state index is -4.41. The zero-order valence-corrected chi connectivity index (χ0v) is 42.1. The van der Waals surface area contributed by atoms with E-state index in [1.807, 2.05) is 91.0 Å². The minimum Gasteiger partial charge on any atom is -0.497 e. The molecule has 0 amide bonds. The number of aryl methyl sites for hydroxylation is 2. The van der Waals surface area contributed by atoms with Crippen LogP contribution in [0.2, 0.25) is 0 Å². The van der Waals surface area contributed by atoms with Crippen LogP contribution >= 0.6 is 0 Å². The summed E-state index contributed by atoms with van der Waals surface area (Å²) in [6, 6.07) is 49.1. The minimum absolute atomic E-state index is 0.192. The van der Waals surface area contributed by atoms with Crippen LogP contribution in [-0.4, -0.2) is 47.5 Å². The molecule has 0 aliphatic rings. The first-order valence-corrected chi connectivity index (χ1v) is 24.1. The van der Waals surface area contributed by atoms with Crippen molar-refractivity contribution in [3.8, 4) is 73.3 Å². The third kappa shape index (κ3) is 14.5. The zero-order valence-electron chi connectivity index (χ0n) is 42.1. The number of aliphatic carboxylic acids is 2. The summed E-state index contributed by atoms with van der Waals surface area (Å²) in [6.45, 7) is 3.09. The number of fused-ring (bicyclic) bond motifs is 1. The van der Waals surface area contributed by atoms with Crippen LogP contribution < -0.4 is 23.7 Å². The van der Waals surface area contributed by atoms with Gasteiger partial charge in [-0.3, -0.25) is 4.98 Å². The van der Waals surface area contributed by atoms with Crippen LogP contribution in [0, 0.1) is 13.8 Å². The molecule has 0 fully saturated rings. The number of nitrogens with zero attached hydrogens (tertiary/aromatic N) is 1. The molecule has 0 unspecified atom stereocenters. The highest BCUT2D eigenvalue weighted by atomic mass is 19.4. The van der Waals surface area contributed by atoms with Gasteiger partial charge in [0.1, 0.15) is 42.0 Å². The largest absolute Gasteiger partial charge is 0.497 e. The molecule has 9 aromatic rings. The van der Waals surface area contributed by atoms with Crippen LogP contribution in [0.5, 0.6) is 28.7 Å². The fraction of sp³-hybridized carbons (Fsp3) is 0.145. The maximum atomic E-state index is 13.1. The maximum absolute atomic E-state index is 13.1. The van der Waals surface area contributed by atoms with Crippen LogP contribution in [0.25, 0.3) is 55.4 Å². The van der Waals surface area contributed by atoms with Gasteiger partial charge < -0.3 is 33.9 Å². The Morgan fingerprint density at radius 2 is 0.910 bits per heavy atom. The number of methoxy groups -OCH3 is 1. The van der Waals surface area contributed by atoms with Crippen LogP contribution in [0.1, 0.15) is 33.4 Å². The molecule has 0 bridgehead atoms. The number of hydrogen-bond acceptors (Lipinski definition) is 8. The quantitative estimate of drug-likeness (QED) is 0.0849. The summed E-state index contributed by atoms with van der Waals surface area (Å²) in [5.41, 5.74) is 8.72. The van der Waals surface area contributed by atoms with Gasteiger partial charge in [-0.15, -0.1) is 0 Å². The smallest absolute Gasteiger partial charge is 0.416 e. The number of carboxylic acids is 2. The second-order valence-corrected chi connectivity index (χ2v) is 17.9. The number of alkyl halides is 6. The first kappa shape index (κ1) is 54.9. The molecule has 9 rings (SSSR count). The summed E-state index contributed by atoms with van der Waals surface area (Å²) >= 11 is 0. The molecule has 78 heavy (non-hydrogen) atoms. The van der Waals surface area contributed by atoms with Crippen molar-refractivity contribution in [1.82, 2.24) is 4.98 Å². The molecule has 0 spiro atoms. The van der Waals surface area contributed by atoms with E-state index in [0.717, 1.165) is 90.8 Å². The lowest BCUT2D eigenvalue weighted by Crippen LogP contribution is -2.10. The monoisotopic (exact) mass is 1070 g/mol. The predicted octanol–water partition coefficient (Wildman–Crippen LogP) is 15.3. The maximum Gasteiger partial charge on any atom is 0.416 e. The summed E-state index contributed by atoms with van der Waals surface area (Å²) in [7, 11) is 1.58. The SMILES string of the molecule is COc1cccc(-c2cc(COc3ccc(OCC(=O)O)c(C)c3)cc(-c3ccc(C(F)(F)F)cc3)c2)c1.Cc1cc(OCc2cc(-c3ccc(C(F)(F)F)cc3)cc(-c3cnc4ccccc4c3)c2)ccc1OCC(=O)O. The molecule has 0 saturated heterocycles. The fourth-order valence-corrected chi connectivity index (χ4v) is 8.31. The van der Waals surface area contributed by atoms with E-state index < -0.39 is 48.6 Å². The first-order valence-electron chi connectivity index (χ1n) is 24.1. The van der Waals surface area contributed by atoms with E-state index in [1.54, 1.807) is 63.6 Å². The van der Waals surface area contributed by atoms with Crippen molar-refractivity contribution in [2.75, 3.05) is 20.3 Å². The van der Waals surface area contributed by atoms with Gasteiger partial charge in [0.25, 0.3) is 0 Å². The summed E-state index contributed by atoms with van der Waals surface area (Å²) in [4.78, 5) is 26.1. The summed E-state index contributed by atoms with van der Waals surface area (Å²) < 4.78 is 107.